The number of allylic oxidation sites excluding steroid dienone is 1. The van der Waals surface area contributed by atoms with Crippen LogP contribution in [-0.4, -0.2) is 67.7 Å². The molecular formula is C28H36N6O6. The molecule has 2 atom stereocenters. The van der Waals surface area contributed by atoms with Gasteiger partial charge in [-0.15, -0.1) is 0 Å². The number of nitrogens with zero attached hydrogens (tertiary/aromatic N) is 3. The van der Waals surface area contributed by atoms with Crippen LogP contribution in [0, 0.1) is 5.41 Å². The number of hydrogen-bond donors (Lipinski definition) is 5. The third-order valence-electron chi connectivity index (χ3n) is 6.25. The average Bonchev–Trinajstić information content (AvgIpc) is 3.29. The zero-order valence-corrected chi connectivity index (χ0v) is 23.3. The van der Waals surface area contributed by atoms with Gasteiger partial charge in [-0.25, -0.2) is 9.78 Å². The van der Waals surface area contributed by atoms with E-state index in [1.807, 2.05) is 39.0 Å². The van der Waals surface area contributed by atoms with Gasteiger partial charge in [-0.3, -0.25) is 14.4 Å². The Balaban J connectivity index is 1.78. The van der Waals surface area contributed by atoms with E-state index in [0.29, 0.717) is 22.4 Å². The molecule has 0 radical (unpaired) electrons. The van der Waals surface area contributed by atoms with E-state index in [9.17, 15) is 29.4 Å². The Hall–Kier alpha value is -4.45. The highest BCUT2D eigenvalue weighted by atomic mass is 16.4. The number of aromatic amines is 1. The van der Waals surface area contributed by atoms with Gasteiger partial charge in [-0.2, -0.15) is 0 Å². The molecule has 12 nitrogen and oxygen atoms in total. The summed E-state index contributed by atoms with van der Waals surface area (Å²) in [5.41, 5.74) is 1.12. The quantitative estimate of drug-likeness (QED) is 0.241. The Kier molecular flexibility index (Phi) is 9.48. The van der Waals surface area contributed by atoms with E-state index in [0.717, 1.165) is 0 Å². The van der Waals surface area contributed by atoms with Crippen molar-refractivity contribution in [2.45, 2.75) is 52.3 Å². The number of para-hydroxylation sites is 1. The minimum atomic E-state index is -1.39. The van der Waals surface area contributed by atoms with Crippen molar-refractivity contribution >= 4 is 34.6 Å². The van der Waals surface area contributed by atoms with E-state index in [4.69, 9.17) is 0 Å². The molecule has 3 rings (SSSR count). The van der Waals surface area contributed by atoms with Gasteiger partial charge in [0, 0.05) is 25.9 Å². The number of anilines is 1. The number of H-pyrrole nitrogens is 1. The second kappa shape index (κ2) is 12.6. The fraction of sp³-hybridized carbons (Fsp3) is 0.393. The Labute approximate surface area is 231 Å². The molecule has 40 heavy (non-hydrogen) atoms. The minimum Gasteiger partial charge on any atom is -0.465 e. The van der Waals surface area contributed by atoms with Gasteiger partial charge in [0.05, 0.1) is 23.7 Å². The molecule has 1 unspecified atom stereocenters. The number of pyridine rings is 1. The number of aromatic nitrogens is 3. The van der Waals surface area contributed by atoms with Crippen LogP contribution >= 0.6 is 0 Å². The number of amides is 3. The van der Waals surface area contributed by atoms with Crippen molar-refractivity contribution in [2.75, 3.05) is 19.4 Å². The predicted molar refractivity (Wildman–Crippen MR) is 151 cm³/mol. The number of fused-ring (bicyclic) bond motifs is 1. The van der Waals surface area contributed by atoms with E-state index in [1.165, 1.54) is 21.6 Å². The Bertz CT molecular complexity index is 1470. The molecule has 1 aromatic carbocycles. The highest BCUT2D eigenvalue weighted by Crippen LogP contribution is 2.35. The lowest BCUT2D eigenvalue weighted by Gasteiger charge is -2.26. The van der Waals surface area contributed by atoms with Crippen molar-refractivity contribution in [3.8, 4) is 0 Å². The van der Waals surface area contributed by atoms with Crippen LogP contribution in [-0.2, 0) is 16.1 Å². The Morgan fingerprint density at radius 2 is 1.90 bits per heavy atom. The second-order valence-corrected chi connectivity index (χ2v) is 10.8. The number of nitrogens with one attached hydrogen (secondary N) is 3. The number of aliphatic hydroxyl groups excluding tert-OH is 1. The van der Waals surface area contributed by atoms with Crippen molar-refractivity contribution in [2.24, 2.45) is 5.41 Å². The van der Waals surface area contributed by atoms with Crippen LogP contribution in [0.25, 0.3) is 11.0 Å². The SMILES string of the molecule is CN(C)C(=O)/C=C/CC[C@H](NC(=O)O)C(=O)Nc1cccn(Cc2nc3cccc(C(O)C(C)(C)C)c3[nH]2)c1=O. The van der Waals surface area contributed by atoms with Gasteiger partial charge < -0.3 is 35.3 Å². The number of hydrogen-bond acceptors (Lipinski definition) is 6. The summed E-state index contributed by atoms with van der Waals surface area (Å²) in [5, 5.41) is 24.7. The third kappa shape index (κ3) is 7.56. The number of rotatable bonds is 10. The minimum absolute atomic E-state index is 0.0250. The summed E-state index contributed by atoms with van der Waals surface area (Å²) in [7, 11) is 3.20. The van der Waals surface area contributed by atoms with Crippen molar-refractivity contribution < 1.29 is 24.6 Å². The van der Waals surface area contributed by atoms with Gasteiger partial charge in [-0.05, 0) is 42.5 Å². The summed E-state index contributed by atoms with van der Waals surface area (Å²) in [6.07, 6.45) is 2.67. The molecule has 0 spiro atoms. The van der Waals surface area contributed by atoms with Crippen LogP contribution in [0.1, 0.15) is 51.1 Å². The number of carbonyl (C=O) groups excluding carboxylic acids is 2. The molecule has 0 aliphatic heterocycles. The summed E-state index contributed by atoms with van der Waals surface area (Å²) in [6, 6.07) is 7.34. The van der Waals surface area contributed by atoms with Crippen LogP contribution in [0.5, 0.6) is 0 Å². The first-order valence-electron chi connectivity index (χ1n) is 12.8. The van der Waals surface area contributed by atoms with Gasteiger partial charge in [0.25, 0.3) is 5.56 Å². The van der Waals surface area contributed by atoms with Crippen LogP contribution < -0.4 is 16.2 Å². The first kappa shape index (κ1) is 30.1. The molecule has 12 heteroatoms. The molecule has 0 saturated carbocycles. The summed E-state index contributed by atoms with van der Waals surface area (Å²) in [4.78, 5) is 58.1. The lowest BCUT2D eigenvalue weighted by molar-refractivity contribution is -0.123. The van der Waals surface area contributed by atoms with Crippen LogP contribution in [0.2, 0.25) is 0 Å². The summed E-state index contributed by atoms with van der Waals surface area (Å²) in [5.74, 6) is -0.448. The molecule has 214 valence electrons. The highest BCUT2D eigenvalue weighted by Gasteiger charge is 2.26. The normalized spacial score (nSPS) is 13.2. The van der Waals surface area contributed by atoms with E-state index >= 15 is 0 Å². The number of imidazole rings is 1. The van der Waals surface area contributed by atoms with Gasteiger partial charge >= 0.3 is 6.09 Å². The zero-order valence-electron chi connectivity index (χ0n) is 23.3. The molecule has 0 saturated heterocycles. The van der Waals surface area contributed by atoms with E-state index in [-0.39, 0.29) is 31.0 Å². The van der Waals surface area contributed by atoms with Crippen molar-refractivity contribution in [3.63, 3.8) is 0 Å². The maximum Gasteiger partial charge on any atom is 0.405 e. The molecule has 0 fully saturated rings. The molecule has 2 heterocycles. The molecule has 0 aliphatic rings. The fourth-order valence-electron chi connectivity index (χ4n) is 4.03. The molecule has 0 bridgehead atoms. The summed E-state index contributed by atoms with van der Waals surface area (Å²) >= 11 is 0. The number of likely N-dealkylation sites (N-methyl/N-ethyl adjacent to an activating group) is 1. The first-order valence-corrected chi connectivity index (χ1v) is 12.8. The lowest BCUT2D eigenvalue weighted by Crippen LogP contribution is -2.44. The molecule has 2 aromatic heterocycles. The van der Waals surface area contributed by atoms with Crippen molar-refractivity contribution in [1.29, 1.82) is 0 Å². The van der Waals surface area contributed by atoms with Crippen LogP contribution in [0.15, 0.2) is 53.5 Å². The molecule has 3 aromatic rings. The van der Waals surface area contributed by atoms with Gasteiger partial charge in [0.15, 0.2) is 0 Å². The number of aliphatic hydroxyl groups is 1. The number of benzene rings is 1. The molecule has 5 N–H and O–H groups in total. The van der Waals surface area contributed by atoms with Gasteiger partial charge in [-0.1, -0.05) is 39.0 Å². The van der Waals surface area contributed by atoms with Crippen molar-refractivity contribution in [1.82, 2.24) is 24.8 Å². The highest BCUT2D eigenvalue weighted by molar-refractivity contribution is 5.96. The molecular weight excluding hydrogens is 516 g/mol. The van der Waals surface area contributed by atoms with E-state index in [2.05, 4.69) is 20.6 Å². The van der Waals surface area contributed by atoms with E-state index < -0.39 is 35.1 Å². The Morgan fingerprint density at radius 3 is 2.55 bits per heavy atom. The van der Waals surface area contributed by atoms with E-state index in [1.54, 1.807) is 32.4 Å². The van der Waals surface area contributed by atoms with Gasteiger partial charge in [0.2, 0.25) is 11.8 Å². The average molecular weight is 553 g/mol. The zero-order chi connectivity index (χ0) is 29.6. The molecule has 0 aliphatic carbocycles. The maximum absolute atomic E-state index is 13.2. The standard InChI is InChI=1S/C28H36N6O6/c1-28(2,3)24(36)17-10-8-12-18-23(17)32-21(29-18)16-34-15-9-13-20(26(34)38)30-25(37)19(31-27(39)40)11-6-7-14-22(35)33(4)5/h7-10,12-15,19,24,31,36H,6,11,16H2,1-5H3,(H,29,32)(H,30,37)(H,39,40)/b14-7+/t19-,24?/m0/s1. The predicted octanol–water partition coefficient (Wildman–Crippen LogP) is 2.85. The Morgan fingerprint density at radius 1 is 1.18 bits per heavy atom. The maximum atomic E-state index is 13.2. The van der Waals surface area contributed by atoms with Crippen molar-refractivity contribution in [3.05, 3.63) is 70.4 Å². The van der Waals surface area contributed by atoms with Crippen LogP contribution in [0.3, 0.4) is 0 Å². The summed E-state index contributed by atoms with van der Waals surface area (Å²) in [6.45, 7) is 5.88. The number of carbonyl (C=O) groups is 3. The third-order valence-corrected chi connectivity index (χ3v) is 6.25. The largest absolute Gasteiger partial charge is 0.465 e. The smallest absolute Gasteiger partial charge is 0.405 e. The van der Waals surface area contributed by atoms with Gasteiger partial charge in [0.1, 0.15) is 17.6 Å². The summed E-state index contributed by atoms with van der Waals surface area (Å²) < 4.78 is 1.36. The second-order valence-electron chi connectivity index (χ2n) is 10.8. The number of carboxylic acid groups (broad SMARTS) is 1. The lowest BCUT2D eigenvalue weighted by atomic mass is 9.84. The first-order chi connectivity index (χ1) is 18.8. The topological polar surface area (TPSA) is 170 Å². The monoisotopic (exact) mass is 552 g/mol. The van der Waals surface area contributed by atoms with Crippen LogP contribution in [0.4, 0.5) is 10.5 Å². The molecule has 3 amide bonds. The fourth-order valence-corrected chi connectivity index (χ4v) is 4.03.